The Morgan fingerprint density at radius 2 is 2.13 bits per heavy atom. The summed E-state index contributed by atoms with van der Waals surface area (Å²) < 4.78 is 18.3. The summed E-state index contributed by atoms with van der Waals surface area (Å²) in [6.07, 6.45) is 0.667. The van der Waals surface area contributed by atoms with Crippen molar-refractivity contribution in [2.75, 3.05) is 7.11 Å². The number of carbonyl (C=O) groups excluding carboxylic acids is 1. The molecule has 0 aliphatic heterocycles. The second-order valence-corrected chi connectivity index (χ2v) is 4.05. The molecule has 2 unspecified atom stereocenters. The zero-order valence-electron chi connectivity index (χ0n) is 8.79. The second kappa shape index (κ2) is 3.33. The summed E-state index contributed by atoms with van der Waals surface area (Å²) in [5.74, 6) is -0.505. The molecule has 80 valence electrons. The van der Waals surface area contributed by atoms with Crippen molar-refractivity contribution in [1.29, 1.82) is 0 Å². The average molecular weight is 208 g/mol. The van der Waals surface area contributed by atoms with E-state index in [-0.39, 0.29) is 17.7 Å². The Kier molecular flexibility index (Phi) is 2.25. The zero-order chi connectivity index (χ0) is 11.1. The maximum absolute atomic E-state index is 13.6. The van der Waals surface area contributed by atoms with Crippen LogP contribution in [-0.4, -0.2) is 13.1 Å². The summed E-state index contributed by atoms with van der Waals surface area (Å²) in [6, 6.07) is 6.41. The van der Waals surface area contributed by atoms with Crippen molar-refractivity contribution in [3.8, 4) is 0 Å². The molecular weight excluding hydrogens is 195 g/mol. The van der Waals surface area contributed by atoms with Gasteiger partial charge in [-0.15, -0.1) is 0 Å². The van der Waals surface area contributed by atoms with Crippen molar-refractivity contribution in [3.05, 3.63) is 35.6 Å². The van der Waals surface area contributed by atoms with Gasteiger partial charge in [-0.2, -0.15) is 0 Å². The van der Waals surface area contributed by atoms with E-state index in [1.807, 2.05) is 6.92 Å². The minimum atomic E-state index is -0.736. The molecule has 0 saturated heterocycles. The Morgan fingerprint density at radius 3 is 2.60 bits per heavy atom. The van der Waals surface area contributed by atoms with Gasteiger partial charge in [0.05, 0.1) is 12.5 Å². The third kappa shape index (κ3) is 1.34. The summed E-state index contributed by atoms with van der Waals surface area (Å²) in [4.78, 5) is 11.7. The van der Waals surface area contributed by atoms with E-state index in [1.165, 1.54) is 13.2 Å². The minimum Gasteiger partial charge on any atom is -0.468 e. The molecule has 1 aliphatic carbocycles. The molecule has 0 aromatic heterocycles. The highest BCUT2D eigenvalue weighted by Crippen LogP contribution is 2.55. The van der Waals surface area contributed by atoms with Crippen molar-refractivity contribution in [2.24, 2.45) is 5.92 Å². The molecule has 1 fully saturated rings. The molecule has 1 aromatic carbocycles. The van der Waals surface area contributed by atoms with Crippen LogP contribution < -0.4 is 0 Å². The summed E-state index contributed by atoms with van der Waals surface area (Å²) >= 11 is 0. The topological polar surface area (TPSA) is 26.3 Å². The first kappa shape index (κ1) is 10.1. The fourth-order valence-corrected chi connectivity index (χ4v) is 2.20. The molecule has 2 atom stereocenters. The lowest BCUT2D eigenvalue weighted by atomic mass is 9.93. The number of ether oxygens (including phenoxy) is 1. The molecule has 0 heterocycles. The summed E-state index contributed by atoms with van der Waals surface area (Å²) in [6.45, 7) is 1.93. The van der Waals surface area contributed by atoms with E-state index in [9.17, 15) is 9.18 Å². The van der Waals surface area contributed by atoms with E-state index in [1.54, 1.807) is 18.2 Å². The molecule has 2 nitrogen and oxygen atoms in total. The lowest BCUT2D eigenvalue weighted by Gasteiger charge is -2.14. The third-order valence-corrected chi connectivity index (χ3v) is 3.21. The highest BCUT2D eigenvalue weighted by atomic mass is 19.1. The van der Waals surface area contributed by atoms with Crippen LogP contribution in [0.3, 0.4) is 0 Å². The highest BCUT2D eigenvalue weighted by molar-refractivity contribution is 5.87. The van der Waals surface area contributed by atoms with Gasteiger partial charge in [0.25, 0.3) is 0 Å². The second-order valence-electron chi connectivity index (χ2n) is 4.05. The lowest BCUT2D eigenvalue weighted by Crippen LogP contribution is -2.25. The number of esters is 1. The van der Waals surface area contributed by atoms with E-state index in [2.05, 4.69) is 0 Å². The van der Waals surface area contributed by atoms with Crippen LogP contribution in [-0.2, 0) is 14.9 Å². The maximum Gasteiger partial charge on any atom is 0.316 e. The number of benzene rings is 1. The molecule has 0 bridgehead atoms. The van der Waals surface area contributed by atoms with Crippen LogP contribution in [0, 0.1) is 11.7 Å². The first-order chi connectivity index (χ1) is 7.13. The van der Waals surface area contributed by atoms with Crippen molar-refractivity contribution in [1.82, 2.24) is 0 Å². The molecule has 0 spiro atoms. The van der Waals surface area contributed by atoms with Gasteiger partial charge in [-0.05, 0) is 18.4 Å². The Balaban J connectivity index is 2.45. The van der Waals surface area contributed by atoms with Crippen molar-refractivity contribution in [2.45, 2.75) is 18.8 Å². The molecule has 0 N–H and O–H groups in total. The summed E-state index contributed by atoms with van der Waals surface area (Å²) in [7, 11) is 1.34. The summed E-state index contributed by atoms with van der Waals surface area (Å²) in [5.41, 5.74) is -0.274. The number of methoxy groups -OCH3 is 1. The van der Waals surface area contributed by atoms with E-state index in [0.717, 1.165) is 0 Å². The first-order valence-corrected chi connectivity index (χ1v) is 4.96. The van der Waals surface area contributed by atoms with Crippen molar-refractivity contribution < 1.29 is 13.9 Å². The van der Waals surface area contributed by atoms with Crippen LogP contribution in [0.25, 0.3) is 0 Å². The fraction of sp³-hybridized carbons (Fsp3) is 0.417. The number of halogens is 1. The standard InChI is InChI=1S/C12H13FO2/c1-8-7-12(8,11(14)15-2)9-5-3-4-6-10(9)13/h3-6,8H,7H2,1-2H3. The van der Waals surface area contributed by atoms with E-state index >= 15 is 0 Å². The van der Waals surface area contributed by atoms with E-state index < -0.39 is 5.41 Å². The Labute approximate surface area is 88.1 Å². The predicted molar refractivity (Wildman–Crippen MR) is 53.9 cm³/mol. The normalized spacial score (nSPS) is 28.6. The molecule has 1 aromatic rings. The van der Waals surface area contributed by atoms with Gasteiger partial charge in [-0.25, -0.2) is 4.39 Å². The van der Waals surface area contributed by atoms with Gasteiger partial charge in [0.2, 0.25) is 0 Å². The number of hydrogen-bond donors (Lipinski definition) is 0. The molecule has 0 amide bonds. The maximum atomic E-state index is 13.6. The largest absolute Gasteiger partial charge is 0.468 e. The van der Waals surface area contributed by atoms with Crippen LogP contribution in [0.15, 0.2) is 24.3 Å². The Bertz CT molecular complexity index is 402. The Morgan fingerprint density at radius 1 is 1.53 bits per heavy atom. The monoisotopic (exact) mass is 208 g/mol. The smallest absolute Gasteiger partial charge is 0.316 e. The molecule has 3 heteroatoms. The van der Waals surface area contributed by atoms with E-state index in [0.29, 0.717) is 12.0 Å². The van der Waals surface area contributed by atoms with Crippen LogP contribution in [0.1, 0.15) is 18.9 Å². The third-order valence-electron chi connectivity index (χ3n) is 3.21. The van der Waals surface area contributed by atoms with Gasteiger partial charge >= 0.3 is 5.97 Å². The van der Waals surface area contributed by atoms with Gasteiger partial charge in [-0.1, -0.05) is 25.1 Å². The first-order valence-electron chi connectivity index (χ1n) is 4.96. The highest BCUT2D eigenvalue weighted by Gasteiger charge is 2.60. The molecule has 2 rings (SSSR count). The van der Waals surface area contributed by atoms with E-state index in [4.69, 9.17) is 4.74 Å². The van der Waals surface area contributed by atoms with Crippen LogP contribution in [0.2, 0.25) is 0 Å². The quantitative estimate of drug-likeness (QED) is 0.697. The van der Waals surface area contributed by atoms with Gasteiger partial charge in [-0.3, -0.25) is 4.79 Å². The van der Waals surface area contributed by atoms with Crippen molar-refractivity contribution >= 4 is 5.97 Å². The van der Waals surface area contributed by atoms with Crippen LogP contribution >= 0.6 is 0 Å². The molecule has 1 aliphatic rings. The van der Waals surface area contributed by atoms with Gasteiger partial charge in [0, 0.05) is 5.56 Å². The Hall–Kier alpha value is -1.38. The fourth-order valence-electron chi connectivity index (χ4n) is 2.20. The zero-order valence-corrected chi connectivity index (χ0v) is 8.79. The molecule has 0 radical (unpaired) electrons. The predicted octanol–water partition coefficient (Wildman–Crippen LogP) is 2.28. The minimum absolute atomic E-state index is 0.154. The SMILES string of the molecule is COC(=O)C1(c2ccccc2F)CC1C. The number of carbonyl (C=O) groups is 1. The van der Waals surface area contributed by atoms with Crippen molar-refractivity contribution in [3.63, 3.8) is 0 Å². The van der Waals surface area contributed by atoms with Gasteiger partial charge in [0.1, 0.15) is 5.82 Å². The number of hydrogen-bond acceptors (Lipinski definition) is 2. The lowest BCUT2D eigenvalue weighted by molar-refractivity contribution is -0.144. The summed E-state index contributed by atoms with van der Waals surface area (Å²) in [5, 5.41) is 0. The molecule has 1 saturated carbocycles. The average Bonchev–Trinajstić information content (AvgIpc) is 2.91. The number of rotatable bonds is 2. The van der Waals surface area contributed by atoms with Crippen LogP contribution in [0.4, 0.5) is 4.39 Å². The molecular formula is C12H13FO2. The van der Waals surface area contributed by atoms with Gasteiger partial charge < -0.3 is 4.74 Å². The molecule has 15 heavy (non-hydrogen) atoms. The van der Waals surface area contributed by atoms with Gasteiger partial charge in [0.15, 0.2) is 0 Å². The van der Waals surface area contributed by atoms with Crippen LogP contribution in [0.5, 0.6) is 0 Å².